The summed E-state index contributed by atoms with van der Waals surface area (Å²) in [5, 5.41) is 11.4. The quantitative estimate of drug-likeness (QED) is 0.277. The highest BCUT2D eigenvalue weighted by Gasteiger charge is 2.33. The van der Waals surface area contributed by atoms with Crippen LogP contribution in [-0.4, -0.2) is 28.6 Å². The van der Waals surface area contributed by atoms with E-state index >= 15 is 0 Å². The van der Waals surface area contributed by atoms with Gasteiger partial charge in [0.2, 0.25) is 0 Å². The van der Waals surface area contributed by atoms with Crippen molar-refractivity contribution in [1.82, 2.24) is 10.8 Å². The molecule has 1 atom stereocenters. The molecule has 152 valence electrons. The molecule has 6 heteroatoms. The summed E-state index contributed by atoms with van der Waals surface area (Å²) in [4.78, 5) is 24.1. The number of benzene rings is 1. The van der Waals surface area contributed by atoms with Crippen LogP contribution >= 0.6 is 0 Å². The highest BCUT2D eigenvalue weighted by molar-refractivity contribution is 5.97. The molecule has 0 heterocycles. The Morgan fingerprint density at radius 2 is 1.75 bits per heavy atom. The summed E-state index contributed by atoms with van der Waals surface area (Å²) in [6.07, 6.45) is 6.13. The SMILES string of the molecule is C=C.CC(C)(N)C(NC(=O)c1ccc(C#CC2CCCCC2)cc1)C(=O)NO. The fraction of sp³-hybridized carbons (Fsp3) is 0.455. The normalized spacial score (nSPS) is 15.1. The number of hydrogen-bond acceptors (Lipinski definition) is 4. The molecule has 1 aromatic carbocycles. The molecule has 1 fully saturated rings. The van der Waals surface area contributed by atoms with Crippen LogP contribution in [0, 0.1) is 17.8 Å². The summed E-state index contributed by atoms with van der Waals surface area (Å²) in [5.74, 6) is 5.75. The van der Waals surface area contributed by atoms with Crippen LogP contribution in [0.4, 0.5) is 0 Å². The highest BCUT2D eigenvalue weighted by Crippen LogP contribution is 2.22. The molecule has 1 unspecified atom stereocenters. The van der Waals surface area contributed by atoms with Crippen LogP contribution in [0.5, 0.6) is 0 Å². The molecule has 1 aromatic rings. The number of carbonyl (C=O) groups excluding carboxylic acids is 2. The molecule has 2 rings (SSSR count). The molecule has 6 nitrogen and oxygen atoms in total. The molecule has 0 radical (unpaired) electrons. The fourth-order valence-electron chi connectivity index (χ4n) is 3.01. The minimum atomic E-state index is -1.06. The maximum Gasteiger partial charge on any atom is 0.267 e. The van der Waals surface area contributed by atoms with Crippen molar-refractivity contribution in [2.75, 3.05) is 0 Å². The second-order valence-corrected chi connectivity index (χ2v) is 7.39. The minimum absolute atomic E-state index is 0.396. The molecule has 0 aromatic heterocycles. The Labute approximate surface area is 167 Å². The summed E-state index contributed by atoms with van der Waals surface area (Å²) in [7, 11) is 0. The Bertz CT molecular complexity index is 705. The van der Waals surface area contributed by atoms with Crippen molar-refractivity contribution in [2.45, 2.75) is 57.5 Å². The standard InChI is InChI=1S/C20H27N3O3.C2H4/c1-20(2,21)17(19(25)23-26)22-18(24)16-12-10-15(11-13-16)9-8-14-6-4-3-5-7-14;1-2/h10-14,17,26H,3-7,21H2,1-2H3,(H,22,24)(H,23,25);1-2H2. The molecule has 0 bridgehead atoms. The minimum Gasteiger partial charge on any atom is -0.338 e. The Kier molecular flexibility index (Phi) is 9.43. The van der Waals surface area contributed by atoms with Crippen molar-refractivity contribution < 1.29 is 14.8 Å². The lowest BCUT2D eigenvalue weighted by Crippen LogP contribution is -2.61. The fourth-order valence-corrected chi connectivity index (χ4v) is 3.01. The first-order valence-corrected chi connectivity index (χ1v) is 9.46. The Hall–Kier alpha value is -2.62. The Morgan fingerprint density at radius 3 is 2.25 bits per heavy atom. The van der Waals surface area contributed by atoms with E-state index in [0.717, 1.165) is 18.4 Å². The van der Waals surface area contributed by atoms with Crippen molar-refractivity contribution >= 4 is 11.8 Å². The maximum atomic E-state index is 12.4. The van der Waals surface area contributed by atoms with E-state index in [4.69, 9.17) is 10.9 Å². The lowest BCUT2D eigenvalue weighted by molar-refractivity contribution is -0.132. The van der Waals surface area contributed by atoms with Gasteiger partial charge in [0, 0.05) is 22.6 Å². The van der Waals surface area contributed by atoms with Gasteiger partial charge in [-0.05, 0) is 51.0 Å². The summed E-state index contributed by atoms with van der Waals surface area (Å²) in [6.45, 7) is 9.19. The molecule has 1 aliphatic rings. The first-order valence-electron chi connectivity index (χ1n) is 9.46. The largest absolute Gasteiger partial charge is 0.338 e. The molecule has 2 amide bonds. The molecular weight excluding hydrogens is 354 g/mol. The molecule has 0 aliphatic heterocycles. The number of rotatable bonds is 4. The monoisotopic (exact) mass is 385 g/mol. The van der Waals surface area contributed by atoms with Gasteiger partial charge >= 0.3 is 0 Å². The number of hydrogen-bond donors (Lipinski definition) is 4. The van der Waals surface area contributed by atoms with E-state index in [1.807, 2.05) is 0 Å². The predicted molar refractivity (Wildman–Crippen MR) is 111 cm³/mol. The predicted octanol–water partition coefficient (Wildman–Crippen LogP) is 2.76. The summed E-state index contributed by atoms with van der Waals surface area (Å²) < 4.78 is 0. The van der Waals surface area contributed by atoms with E-state index in [9.17, 15) is 9.59 Å². The zero-order valence-electron chi connectivity index (χ0n) is 16.8. The van der Waals surface area contributed by atoms with Gasteiger partial charge in [0.15, 0.2) is 0 Å². The zero-order chi connectivity index (χ0) is 21.2. The van der Waals surface area contributed by atoms with Crippen LogP contribution in [0.3, 0.4) is 0 Å². The molecule has 0 saturated heterocycles. The van der Waals surface area contributed by atoms with Crippen molar-refractivity contribution in [3.05, 3.63) is 48.6 Å². The van der Waals surface area contributed by atoms with Crippen molar-refractivity contribution in [1.29, 1.82) is 0 Å². The molecule has 1 aliphatic carbocycles. The van der Waals surface area contributed by atoms with Gasteiger partial charge in [0.05, 0.1) is 0 Å². The van der Waals surface area contributed by atoms with Gasteiger partial charge in [-0.15, -0.1) is 13.2 Å². The van der Waals surface area contributed by atoms with Crippen LogP contribution in [0.15, 0.2) is 37.4 Å². The lowest BCUT2D eigenvalue weighted by atomic mass is 9.89. The third-order valence-electron chi connectivity index (χ3n) is 4.56. The number of amides is 2. The van der Waals surface area contributed by atoms with Crippen molar-refractivity contribution in [3.63, 3.8) is 0 Å². The first kappa shape index (κ1) is 23.4. The summed E-state index contributed by atoms with van der Waals surface area (Å²) in [6, 6.07) is 5.85. The van der Waals surface area contributed by atoms with E-state index in [1.54, 1.807) is 38.1 Å². The molecule has 5 N–H and O–H groups in total. The maximum absolute atomic E-state index is 12.4. The van der Waals surface area contributed by atoms with Crippen LogP contribution in [0.25, 0.3) is 0 Å². The van der Waals surface area contributed by atoms with Crippen LogP contribution in [0.1, 0.15) is 61.9 Å². The molecule has 1 saturated carbocycles. The zero-order valence-corrected chi connectivity index (χ0v) is 16.8. The van der Waals surface area contributed by atoms with E-state index in [-0.39, 0.29) is 0 Å². The molecule has 28 heavy (non-hydrogen) atoms. The van der Waals surface area contributed by atoms with Crippen LogP contribution in [-0.2, 0) is 4.79 Å². The Morgan fingerprint density at radius 1 is 1.18 bits per heavy atom. The van der Waals surface area contributed by atoms with Gasteiger partial charge < -0.3 is 11.1 Å². The highest BCUT2D eigenvalue weighted by atomic mass is 16.5. The third kappa shape index (κ3) is 7.18. The van der Waals surface area contributed by atoms with E-state index in [0.29, 0.717) is 11.5 Å². The number of nitrogens with one attached hydrogen (secondary N) is 2. The van der Waals surface area contributed by atoms with Gasteiger partial charge in [-0.2, -0.15) is 0 Å². The molecule has 0 spiro atoms. The van der Waals surface area contributed by atoms with E-state index in [2.05, 4.69) is 30.3 Å². The smallest absolute Gasteiger partial charge is 0.267 e. The van der Waals surface area contributed by atoms with Gasteiger partial charge in [-0.1, -0.05) is 31.1 Å². The number of hydroxylamine groups is 1. The first-order chi connectivity index (χ1) is 13.3. The number of nitrogens with two attached hydrogens (primary N) is 1. The van der Waals surface area contributed by atoms with E-state index < -0.39 is 23.4 Å². The summed E-state index contributed by atoms with van der Waals surface area (Å²) >= 11 is 0. The van der Waals surface area contributed by atoms with Gasteiger partial charge in [-0.3, -0.25) is 14.8 Å². The topological polar surface area (TPSA) is 104 Å². The van der Waals surface area contributed by atoms with Gasteiger partial charge in [0.25, 0.3) is 11.8 Å². The van der Waals surface area contributed by atoms with Gasteiger partial charge in [-0.25, -0.2) is 5.48 Å². The van der Waals surface area contributed by atoms with Crippen LogP contribution in [0.2, 0.25) is 0 Å². The van der Waals surface area contributed by atoms with Gasteiger partial charge in [0.1, 0.15) is 6.04 Å². The summed E-state index contributed by atoms with van der Waals surface area (Å²) in [5.41, 5.74) is 7.67. The van der Waals surface area contributed by atoms with Crippen molar-refractivity contribution in [2.24, 2.45) is 11.7 Å². The second kappa shape index (κ2) is 11.3. The van der Waals surface area contributed by atoms with E-state index in [1.165, 1.54) is 24.7 Å². The average Bonchev–Trinajstić information content (AvgIpc) is 2.71. The number of carbonyl (C=O) groups is 2. The Balaban J connectivity index is 0.00000190. The second-order valence-electron chi connectivity index (χ2n) is 7.39. The molecular formula is C22H31N3O3. The third-order valence-corrected chi connectivity index (χ3v) is 4.56. The van der Waals surface area contributed by atoms with Crippen molar-refractivity contribution in [3.8, 4) is 11.8 Å². The lowest BCUT2D eigenvalue weighted by Gasteiger charge is -2.29. The average molecular weight is 386 g/mol. The van der Waals surface area contributed by atoms with Crippen LogP contribution < -0.4 is 16.5 Å².